The topological polar surface area (TPSA) is 21.3 Å². The van der Waals surface area contributed by atoms with Crippen LogP contribution >= 0.6 is 0 Å². The summed E-state index contributed by atoms with van der Waals surface area (Å²) >= 11 is 0. The van der Waals surface area contributed by atoms with Crippen molar-refractivity contribution in [3.05, 3.63) is 53.6 Å². The smallest absolute Gasteiger partial charge is 0.126 e. The Morgan fingerprint density at radius 2 is 1.83 bits per heavy atom. The molecule has 0 aliphatic heterocycles. The normalized spacial score (nSPS) is 10.4. The van der Waals surface area contributed by atoms with Gasteiger partial charge in [0.15, 0.2) is 0 Å². The van der Waals surface area contributed by atoms with E-state index in [1.165, 1.54) is 16.7 Å². The van der Waals surface area contributed by atoms with Crippen LogP contribution in [-0.4, -0.2) is 14.2 Å². The van der Waals surface area contributed by atoms with E-state index < -0.39 is 0 Å². The number of nitrogens with one attached hydrogen (secondary N) is 1. The van der Waals surface area contributed by atoms with Gasteiger partial charge in [0.05, 0.1) is 7.11 Å². The first kappa shape index (κ1) is 12.7. The molecule has 2 aromatic carbocycles. The maximum Gasteiger partial charge on any atom is 0.126 e. The predicted molar refractivity (Wildman–Crippen MR) is 75.9 cm³/mol. The monoisotopic (exact) mass is 241 g/mol. The zero-order valence-corrected chi connectivity index (χ0v) is 11.2. The number of ether oxygens (including phenoxy) is 1. The van der Waals surface area contributed by atoms with E-state index in [-0.39, 0.29) is 0 Å². The fourth-order valence-corrected chi connectivity index (χ4v) is 2.14. The first-order chi connectivity index (χ1) is 8.76. The minimum absolute atomic E-state index is 0.877. The summed E-state index contributed by atoms with van der Waals surface area (Å²) in [5.41, 5.74) is 4.93. The molecule has 0 fully saturated rings. The van der Waals surface area contributed by atoms with Crippen LogP contribution in [0.25, 0.3) is 11.1 Å². The number of methoxy groups -OCH3 is 1. The van der Waals surface area contributed by atoms with Crippen LogP contribution in [0.2, 0.25) is 0 Å². The average Bonchev–Trinajstić information content (AvgIpc) is 2.41. The van der Waals surface area contributed by atoms with Crippen LogP contribution in [0.3, 0.4) is 0 Å². The van der Waals surface area contributed by atoms with E-state index in [0.717, 1.165) is 17.9 Å². The highest BCUT2D eigenvalue weighted by Crippen LogP contribution is 2.32. The van der Waals surface area contributed by atoms with Gasteiger partial charge < -0.3 is 10.1 Å². The SMILES string of the molecule is CNCc1ccc(C)c(-c2ccccc2OC)c1. The van der Waals surface area contributed by atoms with Crippen molar-refractivity contribution >= 4 is 0 Å². The lowest BCUT2D eigenvalue weighted by molar-refractivity contribution is 0.416. The first-order valence-corrected chi connectivity index (χ1v) is 6.13. The Bertz CT molecular complexity index is 534. The quantitative estimate of drug-likeness (QED) is 0.886. The molecule has 18 heavy (non-hydrogen) atoms. The van der Waals surface area contributed by atoms with E-state index in [1.54, 1.807) is 7.11 Å². The molecule has 0 saturated heterocycles. The van der Waals surface area contributed by atoms with Crippen molar-refractivity contribution in [1.29, 1.82) is 0 Å². The van der Waals surface area contributed by atoms with Crippen molar-refractivity contribution in [3.8, 4) is 16.9 Å². The van der Waals surface area contributed by atoms with Crippen molar-refractivity contribution in [3.63, 3.8) is 0 Å². The van der Waals surface area contributed by atoms with Crippen LogP contribution < -0.4 is 10.1 Å². The van der Waals surface area contributed by atoms with Crippen LogP contribution in [0.4, 0.5) is 0 Å². The second-order valence-electron chi connectivity index (χ2n) is 4.38. The molecule has 0 atom stereocenters. The van der Waals surface area contributed by atoms with Gasteiger partial charge in [0, 0.05) is 12.1 Å². The Morgan fingerprint density at radius 3 is 2.56 bits per heavy atom. The molecule has 2 nitrogen and oxygen atoms in total. The minimum atomic E-state index is 0.877. The highest BCUT2D eigenvalue weighted by atomic mass is 16.5. The summed E-state index contributed by atoms with van der Waals surface area (Å²) in [5, 5.41) is 3.18. The van der Waals surface area contributed by atoms with Crippen molar-refractivity contribution in [2.75, 3.05) is 14.2 Å². The van der Waals surface area contributed by atoms with Gasteiger partial charge in [-0.1, -0.05) is 30.3 Å². The first-order valence-electron chi connectivity index (χ1n) is 6.13. The summed E-state index contributed by atoms with van der Waals surface area (Å²) in [6, 6.07) is 14.7. The molecule has 0 heterocycles. The van der Waals surface area contributed by atoms with Crippen molar-refractivity contribution < 1.29 is 4.74 Å². The lowest BCUT2D eigenvalue weighted by atomic mass is 9.97. The van der Waals surface area contributed by atoms with Gasteiger partial charge in [0.2, 0.25) is 0 Å². The van der Waals surface area contributed by atoms with E-state index >= 15 is 0 Å². The van der Waals surface area contributed by atoms with E-state index in [1.807, 2.05) is 25.2 Å². The van der Waals surface area contributed by atoms with Crippen LogP contribution in [0.15, 0.2) is 42.5 Å². The summed E-state index contributed by atoms with van der Waals surface area (Å²) in [7, 11) is 3.67. The van der Waals surface area contributed by atoms with E-state index in [4.69, 9.17) is 4.74 Å². The summed E-state index contributed by atoms with van der Waals surface area (Å²) < 4.78 is 5.44. The molecule has 0 amide bonds. The highest BCUT2D eigenvalue weighted by molar-refractivity contribution is 5.73. The molecule has 0 aliphatic carbocycles. The fraction of sp³-hybridized carbons (Fsp3) is 0.250. The molecule has 2 aromatic rings. The lowest BCUT2D eigenvalue weighted by Crippen LogP contribution is -2.05. The standard InChI is InChI=1S/C16H19NO/c1-12-8-9-13(11-17-2)10-15(12)14-6-4-5-7-16(14)18-3/h4-10,17H,11H2,1-3H3. The Hall–Kier alpha value is -1.80. The van der Waals surface area contributed by atoms with Crippen LogP contribution in [0, 0.1) is 6.92 Å². The number of aryl methyl sites for hydroxylation is 1. The van der Waals surface area contributed by atoms with Gasteiger partial charge in [-0.15, -0.1) is 0 Å². The summed E-state index contributed by atoms with van der Waals surface area (Å²) in [6.07, 6.45) is 0. The number of hydrogen-bond acceptors (Lipinski definition) is 2. The molecule has 2 heteroatoms. The largest absolute Gasteiger partial charge is 0.496 e. The third kappa shape index (κ3) is 2.54. The second kappa shape index (κ2) is 5.69. The van der Waals surface area contributed by atoms with Gasteiger partial charge in [-0.05, 0) is 42.8 Å². The molecule has 2 rings (SSSR count). The number of rotatable bonds is 4. The van der Waals surface area contributed by atoms with Crippen molar-refractivity contribution in [1.82, 2.24) is 5.32 Å². The Balaban J connectivity index is 2.51. The summed E-state index contributed by atoms with van der Waals surface area (Å²) in [6.45, 7) is 3.01. The van der Waals surface area contributed by atoms with Gasteiger partial charge in [-0.25, -0.2) is 0 Å². The van der Waals surface area contributed by atoms with Gasteiger partial charge in [0.25, 0.3) is 0 Å². The van der Waals surface area contributed by atoms with Crippen LogP contribution in [-0.2, 0) is 6.54 Å². The van der Waals surface area contributed by atoms with Gasteiger partial charge in [0.1, 0.15) is 5.75 Å². The minimum Gasteiger partial charge on any atom is -0.496 e. The average molecular weight is 241 g/mol. The molecule has 0 aromatic heterocycles. The third-order valence-corrected chi connectivity index (χ3v) is 3.08. The molecular formula is C16H19NO. The highest BCUT2D eigenvalue weighted by Gasteiger charge is 2.08. The van der Waals surface area contributed by atoms with Crippen molar-refractivity contribution in [2.24, 2.45) is 0 Å². The molecule has 0 bridgehead atoms. The maximum atomic E-state index is 5.44. The van der Waals surface area contributed by atoms with Gasteiger partial charge in [-0.2, -0.15) is 0 Å². The molecule has 94 valence electrons. The second-order valence-corrected chi connectivity index (χ2v) is 4.38. The lowest BCUT2D eigenvalue weighted by Gasteiger charge is -2.12. The Labute approximate surface area is 109 Å². The number of para-hydroxylation sites is 1. The molecule has 0 spiro atoms. The number of hydrogen-bond donors (Lipinski definition) is 1. The molecular weight excluding hydrogens is 222 g/mol. The zero-order valence-electron chi connectivity index (χ0n) is 11.2. The number of benzene rings is 2. The molecule has 1 N–H and O–H groups in total. The molecule has 0 aliphatic rings. The molecule has 0 saturated carbocycles. The van der Waals surface area contributed by atoms with E-state index in [2.05, 4.69) is 36.5 Å². The third-order valence-electron chi connectivity index (χ3n) is 3.08. The predicted octanol–water partition coefficient (Wildman–Crippen LogP) is 3.39. The summed E-state index contributed by atoms with van der Waals surface area (Å²) in [5.74, 6) is 0.919. The zero-order chi connectivity index (χ0) is 13.0. The van der Waals surface area contributed by atoms with Gasteiger partial charge >= 0.3 is 0 Å². The molecule has 0 unspecified atom stereocenters. The fourth-order valence-electron chi connectivity index (χ4n) is 2.14. The van der Waals surface area contributed by atoms with Crippen molar-refractivity contribution in [2.45, 2.75) is 13.5 Å². The van der Waals surface area contributed by atoms with E-state index in [9.17, 15) is 0 Å². The van der Waals surface area contributed by atoms with Gasteiger partial charge in [-0.3, -0.25) is 0 Å². The molecule has 0 radical (unpaired) electrons. The van der Waals surface area contributed by atoms with Crippen LogP contribution in [0.1, 0.15) is 11.1 Å². The van der Waals surface area contributed by atoms with E-state index in [0.29, 0.717) is 0 Å². The summed E-state index contributed by atoms with van der Waals surface area (Å²) in [4.78, 5) is 0. The van der Waals surface area contributed by atoms with Crippen LogP contribution in [0.5, 0.6) is 5.75 Å². The maximum absolute atomic E-state index is 5.44. The Kier molecular flexibility index (Phi) is 4.00. The Morgan fingerprint density at radius 1 is 1.06 bits per heavy atom.